The lowest BCUT2D eigenvalue weighted by Crippen LogP contribution is -2.23. The Labute approximate surface area is 88.9 Å². The minimum Gasteiger partial charge on any atom is -0.478 e. The van der Waals surface area contributed by atoms with Crippen molar-refractivity contribution in [1.29, 1.82) is 0 Å². The summed E-state index contributed by atoms with van der Waals surface area (Å²) in [6.45, 7) is 7.18. The molecule has 1 N–H and O–H groups in total. The van der Waals surface area contributed by atoms with Crippen LogP contribution in [0.4, 0.5) is 5.82 Å². The molecule has 0 aliphatic heterocycles. The van der Waals surface area contributed by atoms with Gasteiger partial charge in [-0.1, -0.05) is 6.08 Å². The molecule has 1 rings (SSSR count). The number of hydrogen-bond acceptors (Lipinski definition) is 3. The van der Waals surface area contributed by atoms with Crippen molar-refractivity contribution < 1.29 is 9.90 Å². The lowest BCUT2D eigenvalue weighted by atomic mass is 10.3. The Morgan fingerprint density at radius 3 is 2.80 bits per heavy atom. The summed E-state index contributed by atoms with van der Waals surface area (Å²) in [6.07, 6.45) is 3.15. The van der Waals surface area contributed by atoms with Gasteiger partial charge in [0.15, 0.2) is 0 Å². The van der Waals surface area contributed by atoms with Gasteiger partial charge in [0.25, 0.3) is 0 Å². The van der Waals surface area contributed by atoms with E-state index in [4.69, 9.17) is 5.11 Å². The zero-order chi connectivity index (χ0) is 11.3. The van der Waals surface area contributed by atoms with Gasteiger partial charge in [-0.25, -0.2) is 9.78 Å². The molecule has 0 fully saturated rings. The molecule has 15 heavy (non-hydrogen) atoms. The first-order chi connectivity index (χ1) is 7.19. The molecule has 0 unspecified atom stereocenters. The number of likely N-dealkylation sites (N-methyl/N-ethyl adjacent to an activating group) is 1. The number of rotatable bonds is 5. The molecule has 1 aromatic heterocycles. The summed E-state index contributed by atoms with van der Waals surface area (Å²) in [5.74, 6) is -0.191. The van der Waals surface area contributed by atoms with E-state index in [0.29, 0.717) is 6.54 Å². The van der Waals surface area contributed by atoms with Crippen molar-refractivity contribution in [3.8, 4) is 0 Å². The van der Waals surface area contributed by atoms with Gasteiger partial charge in [0.05, 0.1) is 5.56 Å². The van der Waals surface area contributed by atoms with E-state index < -0.39 is 5.97 Å². The summed E-state index contributed by atoms with van der Waals surface area (Å²) in [4.78, 5) is 16.7. The van der Waals surface area contributed by atoms with Crippen LogP contribution in [0, 0.1) is 0 Å². The van der Waals surface area contributed by atoms with Crippen LogP contribution >= 0.6 is 0 Å². The van der Waals surface area contributed by atoms with Gasteiger partial charge in [0.1, 0.15) is 5.82 Å². The molecular weight excluding hydrogens is 192 g/mol. The SMILES string of the molecule is C=CCN(CC)c1ccc(C(=O)O)cn1. The third-order valence-corrected chi connectivity index (χ3v) is 2.05. The van der Waals surface area contributed by atoms with Crippen LogP contribution in [0.2, 0.25) is 0 Å². The third-order valence-electron chi connectivity index (χ3n) is 2.05. The summed E-state index contributed by atoms with van der Waals surface area (Å²) in [5.41, 5.74) is 0.202. The van der Waals surface area contributed by atoms with Crippen LogP contribution in [0.1, 0.15) is 17.3 Å². The van der Waals surface area contributed by atoms with E-state index in [2.05, 4.69) is 11.6 Å². The van der Waals surface area contributed by atoms with Crippen LogP contribution in [-0.2, 0) is 0 Å². The molecule has 0 aromatic carbocycles. The van der Waals surface area contributed by atoms with Crippen LogP contribution in [-0.4, -0.2) is 29.1 Å². The smallest absolute Gasteiger partial charge is 0.337 e. The minimum atomic E-state index is -0.958. The molecule has 4 nitrogen and oxygen atoms in total. The molecule has 4 heteroatoms. The number of hydrogen-bond donors (Lipinski definition) is 1. The zero-order valence-corrected chi connectivity index (χ0v) is 8.68. The number of carbonyl (C=O) groups is 1. The number of nitrogens with zero attached hydrogens (tertiary/aromatic N) is 2. The molecule has 0 atom stereocenters. The van der Waals surface area contributed by atoms with Gasteiger partial charge in [-0.3, -0.25) is 0 Å². The molecule has 0 amide bonds. The van der Waals surface area contributed by atoms with E-state index in [0.717, 1.165) is 12.4 Å². The lowest BCUT2D eigenvalue weighted by molar-refractivity contribution is 0.0696. The fraction of sp³-hybridized carbons (Fsp3) is 0.273. The highest BCUT2D eigenvalue weighted by atomic mass is 16.4. The molecular formula is C11H14N2O2. The van der Waals surface area contributed by atoms with Gasteiger partial charge in [-0.15, -0.1) is 6.58 Å². The summed E-state index contributed by atoms with van der Waals surface area (Å²) in [7, 11) is 0. The molecule has 0 saturated heterocycles. The van der Waals surface area contributed by atoms with Gasteiger partial charge in [-0.05, 0) is 19.1 Å². The Bertz CT molecular complexity index is 346. The highest BCUT2D eigenvalue weighted by Crippen LogP contribution is 2.10. The van der Waals surface area contributed by atoms with Crippen LogP contribution in [0.15, 0.2) is 31.0 Å². The lowest BCUT2D eigenvalue weighted by Gasteiger charge is -2.19. The number of aromatic nitrogens is 1. The molecule has 0 aliphatic rings. The first-order valence-corrected chi connectivity index (χ1v) is 4.74. The fourth-order valence-corrected chi connectivity index (χ4v) is 1.24. The van der Waals surface area contributed by atoms with Crippen LogP contribution in [0.3, 0.4) is 0 Å². The van der Waals surface area contributed by atoms with Crippen LogP contribution < -0.4 is 4.90 Å². The summed E-state index contributed by atoms with van der Waals surface area (Å²) in [6, 6.07) is 3.26. The van der Waals surface area contributed by atoms with Crippen molar-refractivity contribution in [3.63, 3.8) is 0 Å². The highest BCUT2D eigenvalue weighted by molar-refractivity contribution is 5.87. The quantitative estimate of drug-likeness (QED) is 0.746. The predicted octanol–water partition coefficient (Wildman–Crippen LogP) is 1.79. The summed E-state index contributed by atoms with van der Waals surface area (Å²) in [5, 5.41) is 8.71. The van der Waals surface area contributed by atoms with Crippen molar-refractivity contribution in [2.45, 2.75) is 6.92 Å². The van der Waals surface area contributed by atoms with E-state index in [1.165, 1.54) is 6.20 Å². The monoisotopic (exact) mass is 206 g/mol. The first-order valence-electron chi connectivity index (χ1n) is 4.74. The fourth-order valence-electron chi connectivity index (χ4n) is 1.24. The minimum absolute atomic E-state index is 0.202. The average molecular weight is 206 g/mol. The second-order valence-corrected chi connectivity index (χ2v) is 3.04. The number of carboxylic acids is 1. The molecule has 80 valence electrons. The highest BCUT2D eigenvalue weighted by Gasteiger charge is 2.06. The third kappa shape index (κ3) is 2.80. The molecule has 0 spiro atoms. The topological polar surface area (TPSA) is 53.4 Å². The van der Waals surface area contributed by atoms with Crippen LogP contribution in [0.5, 0.6) is 0 Å². The summed E-state index contributed by atoms with van der Waals surface area (Å²) < 4.78 is 0. The van der Waals surface area contributed by atoms with Crippen molar-refractivity contribution in [2.24, 2.45) is 0 Å². The molecule has 0 bridgehead atoms. The Morgan fingerprint density at radius 1 is 1.67 bits per heavy atom. The van der Waals surface area contributed by atoms with E-state index in [1.54, 1.807) is 18.2 Å². The predicted molar refractivity (Wildman–Crippen MR) is 59.3 cm³/mol. The first kappa shape index (κ1) is 11.2. The molecule has 1 heterocycles. The van der Waals surface area contributed by atoms with Crippen molar-refractivity contribution >= 4 is 11.8 Å². The van der Waals surface area contributed by atoms with E-state index in [1.807, 2.05) is 11.8 Å². The van der Waals surface area contributed by atoms with Crippen LogP contribution in [0.25, 0.3) is 0 Å². The van der Waals surface area contributed by atoms with Crippen molar-refractivity contribution in [3.05, 3.63) is 36.5 Å². The Kier molecular flexibility index (Phi) is 3.85. The maximum atomic E-state index is 10.6. The second-order valence-electron chi connectivity index (χ2n) is 3.04. The molecule has 0 saturated carbocycles. The van der Waals surface area contributed by atoms with E-state index in [9.17, 15) is 4.79 Å². The van der Waals surface area contributed by atoms with Crippen molar-refractivity contribution in [1.82, 2.24) is 4.98 Å². The standard InChI is InChI=1S/C11H14N2O2/c1-3-7-13(4-2)10-6-5-9(8-12-10)11(14)15/h3,5-6,8H,1,4,7H2,2H3,(H,14,15). The molecule has 0 aliphatic carbocycles. The average Bonchev–Trinajstić information content (AvgIpc) is 2.26. The van der Waals surface area contributed by atoms with Gasteiger partial charge < -0.3 is 10.0 Å². The van der Waals surface area contributed by atoms with Gasteiger partial charge in [0, 0.05) is 19.3 Å². The Hall–Kier alpha value is -1.84. The molecule has 1 aromatic rings. The second kappa shape index (κ2) is 5.14. The van der Waals surface area contributed by atoms with E-state index in [-0.39, 0.29) is 5.56 Å². The maximum absolute atomic E-state index is 10.6. The van der Waals surface area contributed by atoms with Crippen molar-refractivity contribution in [2.75, 3.05) is 18.0 Å². The van der Waals surface area contributed by atoms with Gasteiger partial charge in [0.2, 0.25) is 0 Å². The number of carboxylic acid groups (broad SMARTS) is 1. The largest absolute Gasteiger partial charge is 0.478 e. The zero-order valence-electron chi connectivity index (χ0n) is 8.68. The number of pyridine rings is 1. The number of anilines is 1. The normalized spacial score (nSPS) is 9.67. The molecule has 0 radical (unpaired) electrons. The summed E-state index contributed by atoms with van der Waals surface area (Å²) >= 11 is 0. The maximum Gasteiger partial charge on any atom is 0.337 e. The van der Waals surface area contributed by atoms with E-state index >= 15 is 0 Å². The Morgan fingerprint density at radius 2 is 2.40 bits per heavy atom. The van der Waals surface area contributed by atoms with Gasteiger partial charge >= 0.3 is 5.97 Å². The Balaban J connectivity index is 2.86. The van der Waals surface area contributed by atoms with Gasteiger partial charge in [-0.2, -0.15) is 0 Å². The number of aromatic carboxylic acids is 1.